The van der Waals surface area contributed by atoms with Crippen molar-refractivity contribution in [3.63, 3.8) is 0 Å². The van der Waals surface area contributed by atoms with Gasteiger partial charge in [-0.15, -0.1) is 35.0 Å². The molecule has 3 rings (SSSR count). The van der Waals surface area contributed by atoms with Gasteiger partial charge in [0, 0.05) is 31.7 Å². The molecule has 2 aromatic rings. The van der Waals surface area contributed by atoms with Crippen LogP contribution in [-0.4, -0.2) is 54.5 Å². The fourth-order valence-corrected chi connectivity index (χ4v) is 2.76. The zero-order valence-corrected chi connectivity index (χ0v) is 16.1. The average Bonchev–Trinajstić information content (AvgIpc) is 2.63. The van der Waals surface area contributed by atoms with Crippen molar-refractivity contribution >= 4 is 30.6 Å². The molecular formula is C18H26Cl2N4O. The monoisotopic (exact) mass is 384 g/mol. The molecule has 0 amide bonds. The molecule has 1 N–H and O–H groups in total. The molecule has 1 aliphatic heterocycles. The van der Waals surface area contributed by atoms with Gasteiger partial charge in [-0.2, -0.15) is 0 Å². The Labute approximate surface area is 162 Å². The minimum Gasteiger partial charge on any atom is -0.379 e. The fraction of sp³-hybridized carbons (Fsp3) is 0.444. The molecule has 0 spiro atoms. The Bertz CT molecular complexity index is 622. The van der Waals surface area contributed by atoms with E-state index < -0.39 is 0 Å². The van der Waals surface area contributed by atoms with Crippen molar-refractivity contribution in [2.75, 3.05) is 44.7 Å². The first-order chi connectivity index (χ1) is 11.4. The molecule has 1 aliphatic rings. The van der Waals surface area contributed by atoms with E-state index >= 15 is 0 Å². The Kier molecular flexibility index (Phi) is 9.75. The predicted octanol–water partition coefficient (Wildman–Crippen LogP) is 3.29. The van der Waals surface area contributed by atoms with Crippen LogP contribution in [0.2, 0.25) is 0 Å². The first kappa shape index (κ1) is 21.6. The molecule has 0 bridgehead atoms. The fourth-order valence-electron chi connectivity index (χ4n) is 2.76. The number of rotatable bonds is 6. The molecule has 5 nitrogen and oxygen atoms in total. The van der Waals surface area contributed by atoms with Gasteiger partial charge in [0.05, 0.1) is 18.9 Å². The minimum atomic E-state index is 0. The van der Waals surface area contributed by atoms with Crippen LogP contribution in [0.4, 0.5) is 5.82 Å². The SMILES string of the molecule is CCc1cc(-c2ccccc2)nnc1NCCN1CCOCC1.Cl.Cl. The normalized spacial score (nSPS) is 14.3. The largest absolute Gasteiger partial charge is 0.379 e. The van der Waals surface area contributed by atoms with Crippen molar-refractivity contribution < 1.29 is 4.74 Å². The highest BCUT2D eigenvalue weighted by atomic mass is 35.5. The van der Waals surface area contributed by atoms with Crippen molar-refractivity contribution in [2.45, 2.75) is 13.3 Å². The molecule has 138 valence electrons. The quantitative estimate of drug-likeness (QED) is 0.827. The van der Waals surface area contributed by atoms with Crippen molar-refractivity contribution in [3.8, 4) is 11.3 Å². The summed E-state index contributed by atoms with van der Waals surface area (Å²) in [6.07, 6.45) is 0.940. The Morgan fingerprint density at radius 2 is 1.80 bits per heavy atom. The molecule has 1 aromatic heterocycles. The van der Waals surface area contributed by atoms with E-state index in [1.54, 1.807) is 0 Å². The molecule has 0 radical (unpaired) electrons. The molecule has 1 saturated heterocycles. The summed E-state index contributed by atoms with van der Waals surface area (Å²) in [6, 6.07) is 12.3. The van der Waals surface area contributed by atoms with Crippen molar-refractivity contribution in [1.29, 1.82) is 0 Å². The molecule has 1 aromatic carbocycles. The number of hydrogen-bond acceptors (Lipinski definition) is 5. The summed E-state index contributed by atoms with van der Waals surface area (Å²) >= 11 is 0. The summed E-state index contributed by atoms with van der Waals surface area (Å²) in [5, 5.41) is 12.2. The smallest absolute Gasteiger partial charge is 0.151 e. The first-order valence-corrected chi connectivity index (χ1v) is 8.33. The maximum atomic E-state index is 5.37. The standard InChI is InChI=1S/C18H24N4O.2ClH/c1-2-15-14-17(16-6-4-3-5-7-16)20-21-18(15)19-8-9-22-10-12-23-13-11-22;;/h3-7,14H,2,8-13H2,1H3,(H,19,21);2*1H. The number of nitrogens with zero attached hydrogens (tertiary/aromatic N) is 3. The van der Waals surface area contributed by atoms with Gasteiger partial charge in [-0.05, 0) is 18.1 Å². The number of benzene rings is 1. The Balaban J connectivity index is 0.00000156. The van der Waals surface area contributed by atoms with Gasteiger partial charge in [-0.1, -0.05) is 37.3 Å². The average molecular weight is 385 g/mol. The number of aryl methyl sites for hydroxylation is 1. The van der Waals surface area contributed by atoms with Crippen molar-refractivity contribution in [3.05, 3.63) is 42.0 Å². The van der Waals surface area contributed by atoms with Crippen molar-refractivity contribution in [2.24, 2.45) is 0 Å². The molecule has 1 fully saturated rings. The molecule has 0 atom stereocenters. The summed E-state index contributed by atoms with van der Waals surface area (Å²) in [7, 11) is 0. The van der Waals surface area contributed by atoms with E-state index in [-0.39, 0.29) is 24.8 Å². The number of aromatic nitrogens is 2. The van der Waals surface area contributed by atoms with E-state index in [0.717, 1.165) is 62.9 Å². The van der Waals surface area contributed by atoms with Crippen LogP contribution in [0.1, 0.15) is 12.5 Å². The van der Waals surface area contributed by atoms with Gasteiger partial charge in [0.25, 0.3) is 0 Å². The summed E-state index contributed by atoms with van der Waals surface area (Å²) in [5.74, 6) is 0.903. The van der Waals surface area contributed by atoms with Crippen molar-refractivity contribution in [1.82, 2.24) is 15.1 Å². The topological polar surface area (TPSA) is 50.3 Å². The first-order valence-electron chi connectivity index (χ1n) is 8.33. The summed E-state index contributed by atoms with van der Waals surface area (Å²) in [6.45, 7) is 7.75. The van der Waals surface area contributed by atoms with E-state index in [2.05, 4.69) is 45.5 Å². The van der Waals surface area contributed by atoms with E-state index in [1.165, 1.54) is 5.56 Å². The highest BCUT2D eigenvalue weighted by molar-refractivity contribution is 5.85. The number of ether oxygens (including phenoxy) is 1. The predicted molar refractivity (Wildman–Crippen MR) is 107 cm³/mol. The number of morpholine rings is 1. The third-order valence-electron chi connectivity index (χ3n) is 4.15. The summed E-state index contributed by atoms with van der Waals surface area (Å²) in [4.78, 5) is 2.41. The molecule has 7 heteroatoms. The Morgan fingerprint density at radius 3 is 2.48 bits per heavy atom. The second-order valence-electron chi connectivity index (χ2n) is 5.70. The van der Waals surface area contributed by atoms with Crippen LogP contribution in [-0.2, 0) is 11.2 Å². The number of anilines is 1. The van der Waals surface area contributed by atoms with Gasteiger partial charge >= 0.3 is 0 Å². The highest BCUT2D eigenvalue weighted by Crippen LogP contribution is 2.21. The van der Waals surface area contributed by atoms with Gasteiger partial charge in [0.2, 0.25) is 0 Å². The number of hydrogen-bond donors (Lipinski definition) is 1. The van der Waals surface area contributed by atoms with Crippen LogP contribution < -0.4 is 5.32 Å². The lowest BCUT2D eigenvalue weighted by molar-refractivity contribution is 0.0398. The zero-order chi connectivity index (χ0) is 15.9. The van der Waals surface area contributed by atoms with Crippen LogP contribution >= 0.6 is 24.8 Å². The third kappa shape index (κ3) is 6.12. The molecule has 0 aliphatic carbocycles. The van der Waals surface area contributed by atoms with E-state index in [1.807, 2.05) is 18.2 Å². The van der Waals surface area contributed by atoms with Gasteiger partial charge in [-0.3, -0.25) is 4.90 Å². The highest BCUT2D eigenvalue weighted by Gasteiger charge is 2.11. The zero-order valence-electron chi connectivity index (χ0n) is 14.5. The van der Waals surface area contributed by atoms with Gasteiger partial charge < -0.3 is 10.1 Å². The maximum absolute atomic E-state index is 5.37. The van der Waals surface area contributed by atoms with E-state index in [9.17, 15) is 0 Å². The lowest BCUT2D eigenvalue weighted by atomic mass is 10.1. The number of nitrogens with one attached hydrogen (secondary N) is 1. The Hall–Kier alpha value is -1.40. The maximum Gasteiger partial charge on any atom is 0.151 e. The van der Waals surface area contributed by atoms with Crippen LogP contribution in [0.25, 0.3) is 11.3 Å². The third-order valence-corrected chi connectivity index (χ3v) is 4.15. The minimum absolute atomic E-state index is 0. The second kappa shape index (κ2) is 11.3. The molecular weight excluding hydrogens is 359 g/mol. The lowest BCUT2D eigenvalue weighted by Gasteiger charge is -2.26. The van der Waals surface area contributed by atoms with Gasteiger partial charge in [0.15, 0.2) is 5.82 Å². The van der Waals surface area contributed by atoms with Crippen LogP contribution in [0, 0.1) is 0 Å². The van der Waals surface area contributed by atoms with E-state index in [4.69, 9.17) is 4.74 Å². The molecule has 25 heavy (non-hydrogen) atoms. The molecule has 0 unspecified atom stereocenters. The summed E-state index contributed by atoms with van der Waals surface area (Å²) in [5.41, 5.74) is 3.25. The van der Waals surface area contributed by atoms with Crippen LogP contribution in [0.15, 0.2) is 36.4 Å². The van der Waals surface area contributed by atoms with Crippen LogP contribution in [0.3, 0.4) is 0 Å². The van der Waals surface area contributed by atoms with Gasteiger partial charge in [0.1, 0.15) is 0 Å². The van der Waals surface area contributed by atoms with Gasteiger partial charge in [-0.25, -0.2) is 0 Å². The van der Waals surface area contributed by atoms with E-state index in [0.29, 0.717) is 0 Å². The van der Waals surface area contributed by atoms with Crippen LogP contribution in [0.5, 0.6) is 0 Å². The second-order valence-corrected chi connectivity index (χ2v) is 5.70. The Morgan fingerprint density at radius 1 is 1.08 bits per heavy atom. The molecule has 0 saturated carbocycles. The lowest BCUT2D eigenvalue weighted by Crippen LogP contribution is -2.39. The number of halogens is 2. The molecule has 2 heterocycles. The summed E-state index contributed by atoms with van der Waals surface area (Å²) < 4.78 is 5.37.